The molecule has 0 radical (unpaired) electrons. The van der Waals surface area contributed by atoms with E-state index >= 15 is 0 Å². The number of hydrogen-bond acceptors (Lipinski definition) is 5. The molecule has 8 nitrogen and oxygen atoms in total. The fraction of sp³-hybridized carbons (Fsp3) is 0.471. The van der Waals surface area contributed by atoms with Gasteiger partial charge in [0.1, 0.15) is 12.4 Å². The van der Waals surface area contributed by atoms with E-state index in [4.69, 9.17) is 12.2 Å². The molecule has 0 atom stereocenters. The molecule has 27 heavy (non-hydrogen) atoms. The molecule has 2 N–H and O–H groups in total. The largest absolute Gasteiger partial charge is 0.324 e. The lowest BCUT2D eigenvalue weighted by atomic mass is 10.3. The van der Waals surface area contributed by atoms with Gasteiger partial charge >= 0.3 is 0 Å². The Bertz CT molecular complexity index is 974. The van der Waals surface area contributed by atoms with E-state index in [0.29, 0.717) is 30.0 Å². The first-order valence-electron chi connectivity index (χ1n) is 8.96. The molecular weight excluding hydrogens is 386 g/mol. The van der Waals surface area contributed by atoms with Gasteiger partial charge in [0.25, 0.3) is 0 Å². The summed E-state index contributed by atoms with van der Waals surface area (Å²) in [7, 11) is -3.52. The zero-order valence-electron chi connectivity index (χ0n) is 15.1. The molecule has 0 spiro atoms. The maximum Gasteiger partial charge on any atom is 0.244 e. The van der Waals surface area contributed by atoms with Gasteiger partial charge in [-0.15, -0.1) is 0 Å². The third-order valence-electron chi connectivity index (χ3n) is 4.43. The molecule has 3 rings (SSSR count). The van der Waals surface area contributed by atoms with Crippen LogP contribution in [0.5, 0.6) is 0 Å². The second-order valence-electron chi connectivity index (χ2n) is 6.47. The molecule has 1 saturated heterocycles. The molecule has 2 heterocycles. The number of benzene rings is 1. The van der Waals surface area contributed by atoms with Crippen molar-refractivity contribution in [2.45, 2.75) is 44.0 Å². The lowest BCUT2D eigenvalue weighted by Crippen LogP contribution is -2.28. The molecule has 146 valence electrons. The van der Waals surface area contributed by atoms with E-state index < -0.39 is 10.0 Å². The Morgan fingerprint density at radius 1 is 1.33 bits per heavy atom. The van der Waals surface area contributed by atoms with Crippen LogP contribution in [0.15, 0.2) is 29.2 Å². The number of carbonyl (C=O) groups excluding carboxylic acids is 1. The Morgan fingerprint density at radius 3 is 2.78 bits per heavy atom. The van der Waals surface area contributed by atoms with Gasteiger partial charge in [-0.25, -0.2) is 8.42 Å². The highest BCUT2D eigenvalue weighted by Crippen LogP contribution is 2.23. The van der Waals surface area contributed by atoms with Crippen molar-refractivity contribution in [3.8, 4) is 0 Å². The average molecular weight is 410 g/mol. The van der Waals surface area contributed by atoms with Crippen LogP contribution in [0.2, 0.25) is 0 Å². The zero-order chi connectivity index (χ0) is 19.4. The van der Waals surface area contributed by atoms with Crippen LogP contribution < -0.4 is 5.32 Å². The molecule has 10 heteroatoms. The van der Waals surface area contributed by atoms with Crippen LogP contribution in [0.3, 0.4) is 0 Å². The van der Waals surface area contributed by atoms with Crippen molar-refractivity contribution in [3.05, 3.63) is 34.9 Å². The monoisotopic (exact) mass is 409 g/mol. The minimum atomic E-state index is -3.52. The van der Waals surface area contributed by atoms with Crippen molar-refractivity contribution in [2.24, 2.45) is 0 Å². The fourth-order valence-electron chi connectivity index (χ4n) is 3.08. The molecule has 0 aliphatic carbocycles. The highest BCUT2D eigenvalue weighted by molar-refractivity contribution is 7.89. The van der Waals surface area contributed by atoms with E-state index in [2.05, 4.69) is 15.5 Å². The van der Waals surface area contributed by atoms with Crippen molar-refractivity contribution < 1.29 is 13.2 Å². The Balaban J connectivity index is 1.74. The molecular formula is C17H23N5O3S2. The van der Waals surface area contributed by atoms with Crippen molar-refractivity contribution in [1.29, 1.82) is 0 Å². The van der Waals surface area contributed by atoms with Crippen LogP contribution in [0, 0.1) is 4.77 Å². The summed E-state index contributed by atoms with van der Waals surface area (Å²) in [5.41, 5.74) is 0.437. The lowest BCUT2D eigenvalue weighted by Gasteiger charge is -2.16. The summed E-state index contributed by atoms with van der Waals surface area (Å²) in [6.45, 7) is 3.12. The maximum atomic E-state index is 12.7. The van der Waals surface area contributed by atoms with Gasteiger partial charge < -0.3 is 5.32 Å². The number of sulfonamides is 1. The number of hydrogen-bond donors (Lipinski definition) is 2. The van der Waals surface area contributed by atoms with Crippen LogP contribution in [-0.4, -0.2) is 46.5 Å². The van der Waals surface area contributed by atoms with E-state index in [1.54, 1.807) is 22.8 Å². The fourth-order valence-corrected chi connectivity index (χ4v) is 4.86. The van der Waals surface area contributed by atoms with Crippen molar-refractivity contribution in [1.82, 2.24) is 19.1 Å². The van der Waals surface area contributed by atoms with Gasteiger partial charge in [-0.2, -0.15) is 9.40 Å². The first kappa shape index (κ1) is 19.7. The average Bonchev–Trinajstić information content (AvgIpc) is 3.28. The second-order valence-corrected chi connectivity index (χ2v) is 8.79. The number of anilines is 1. The molecule has 1 fully saturated rings. The predicted octanol–water partition coefficient (Wildman–Crippen LogP) is 2.32. The minimum absolute atomic E-state index is 0.0216. The minimum Gasteiger partial charge on any atom is -0.324 e. The number of rotatable bonds is 7. The van der Waals surface area contributed by atoms with E-state index in [0.717, 1.165) is 25.1 Å². The topological polar surface area (TPSA) is 100 Å². The SMILES string of the molecule is CCCc1n[nH]c(=S)n1CC(=O)Nc1cccc(S(=O)(=O)N2CCCC2)c1. The smallest absolute Gasteiger partial charge is 0.244 e. The Labute approximate surface area is 163 Å². The van der Waals surface area contributed by atoms with E-state index in [-0.39, 0.29) is 17.3 Å². The Morgan fingerprint density at radius 2 is 2.07 bits per heavy atom. The van der Waals surface area contributed by atoms with Gasteiger partial charge in [-0.05, 0) is 49.7 Å². The van der Waals surface area contributed by atoms with Gasteiger partial charge in [0, 0.05) is 25.2 Å². The number of nitrogens with zero attached hydrogens (tertiary/aromatic N) is 3. The van der Waals surface area contributed by atoms with Gasteiger partial charge in [0.05, 0.1) is 4.90 Å². The number of nitrogens with one attached hydrogen (secondary N) is 2. The molecule has 0 bridgehead atoms. The molecule has 0 unspecified atom stereocenters. The molecule has 0 saturated carbocycles. The van der Waals surface area contributed by atoms with Crippen molar-refractivity contribution in [3.63, 3.8) is 0 Å². The number of carbonyl (C=O) groups is 1. The maximum absolute atomic E-state index is 12.7. The van der Waals surface area contributed by atoms with Crippen LogP contribution in [0.1, 0.15) is 32.0 Å². The number of aromatic nitrogens is 3. The van der Waals surface area contributed by atoms with Gasteiger partial charge in [-0.1, -0.05) is 13.0 Å². The van der Waals surface area contributed by atoms with Crippen LogP contribution in [0.4, 0.5) is 5.69 Å². The molecule has 1 aliphatic heterocycles. The predicted molar refractivity (Wildman–Crippen MR) is 104 cm³/mol. The first-order valence-corrected chi connectivity index (χ1v) is 10.8. The number of amides is 1. The van der Waals surface area contributed by atoms with Gasteiger partial charge in [-0.3, -0.25) is 14.5 Å². The number of H-pyrrole nitrogens is 1. The molecule has 1 aromatic heterocycles. The third kappa shape index (κ3) is 4.45. The molecule has 1 amide bonds. The van der Waals surface area contributed by atoms with Crippen LogP contribution in [-0.2, 0) is 27.8 Å². The van der Waals surface area contributed by atoms with Gasteiger partial charge in [0.15, 0.2) is 4.77 Å². The van der Waals surface area contributed by atoms with E-state index in [1.807, 2.05) is 6.92 Å². The normalized spacial score (nSPS) is 15.1. The summed E-state index contributed by atoms with van der Waals surface area (Å²) in [5, 5.41) is 9.59. The third-order valence-corrected chi connectivity index (χ3v) is 6.64. The Hall–Kier alpha value is -2.04. The van der Waals surface area contributed by atoms with E-state index in [1.165, 1.54) is 10.4 Å². The van der Waals surface area contributed by atoms with Gasteiger partial charge in [0.2, 0.25) is 15.9 Å². The molecule has 1 aliphatic rings. The summed E-state index contributed by atoms with van der Waals surface area (Å²) < 4.78 is 28.9. The number of aryl methyl sites for hydroxylation is 1. The molecule has 2 aromatic rings. The summed E-state index contributed by atoms with van der Waals surface area (Å²) in [6.07, 6.45) is 3.35. The summed E-state index contributed by atoms with van der Waals surface area (Å²) >= 11 is 5.18. The first-order chi connectivity index (χ1) is 12.9. The highest BCUT2D eigenvalue weighted by atomic mass is 32.2. The standard InChI is InChI=1S/C17H23N5O3S2/c1-2-6-15-19-20-17(26)22(15)12-16(23)18-13-7-5-8-14(11-13)27(24,25)21-9-3-4-10-21/h5,7-8,11H,2-4,6,9-10,12H2,1H3,(H,18,23)(H,20,26). The zero-order valence-corrected chi connectivity index (χ0v) is 16.8. The summed E-state index contributed by atoms with van der Waals surface area (Å²) in [6, 6.07) is 6.34. The van der Waals surface area contributed by atoms with E-state index in [9.17, 15) is 13.2 Å². The lowest BCUT2D eigenvalue weighted by molar-refractivity contribution is -0.116. The quantitative estimate of drug-likeness (QED) is 0.684. The van der Waals surface area contributed by atoms with Crippen LogP contribution >= 0.6 is 12.2 Å². The Kier molecular flexibility index (Phi) is 6.08. The summed E-state index contributed by atoms with van der Waals surface area (Å²) in [4.78, 5) is 12.6. The van der Waals surface area contributed by atoms with Crippen molar-refractivity contribution in [2.75, 3.05) is 18.4 Å². The second kappa shape index (κ2) is 8.32. The van der Waals surface area contributed by atoms with Crippen LogP contribution in [0.25, 0.3) is 0 Å². The summed E-state index contributed by atoms with van der Waals surface area (Å²) in [5.74, 6) is 0.434. The highest BCUT2D eigenvalue weighted by Gasteiger charge is 2.27. The molecule has 1 aromatic carbocycles. The number of aromatic amines is 1. The van der Waals surface area contributed by atoms with Crippen molar-refractivity contribution >= 4 is 33.8 Å².